The lowest BCUT2D eigenvalue weighted by atomic mass is 10.2. The van der Waals surface area contributed by atoms with Crippen molar-refractivity contribution in [2.45, 2.75) is 18.9 Å². The minimum Gasteiger partial charge on any atom is -0.368 e. The molecule has 2 saturated heterocycles. The highest BCUT2D eigenvalue weighted by atomic mass is 79.9. The van der Waals surface area contributed by atoms with Crippen molar-refractivity contribution in [1.82, 2.24) is 9.80 Å². The molecule has 1 atom stereocenters. The standard InChI is InChI=1S/C16H20BrN3O2S/c17-12-3-5-13(6-4-12)18-16(23)20-9-7-19(8-10-20)15(21)14-2-1-11-22-14/h3-6,14H,1-2,7-11H2,(H,18,23)/t14-/m1/s1. The molecule has 0 spiro atoms. The molecule has 1 aromatic rings. The van der Waals surface area contributed by atoms with Gasteiger partial charge in [0.1, 0.15) is 6.10 Å². The maximum atomic E-state index is 12.3. The van der Waals surface area contributed by atoms with Crippen molar-refractivity contribution in [3.8, 4) is 0 Å². The number of carbonyl (C=O) groups is 1. The highest BCUT2D eigenvalue weighted by molar-refractivity contribution is 9.10. The van der Waals surface area contributed by atoms with Crippen molar-refractivity contribution in [2.75, 3.05) is 38.1 Å². The molecule has 2 aliphatic rings. The third-order valence-corrected chi connectivity index (χ3v) is 5.07. The van der Waals surface area contributed by atoms with Gasteiger partial charge in [0.2, 0.25) is 0 Å². The molecule has 0 bridgehead atoms. The summed E-state index contributed by atoms with van der Waals surface area (Å²) in [6.45, 7) is 3.60. The highest BCUT2D eigenvalue weighted by Crippen LogP contribution is 2.17. The second-order valence-corrected chi connectivity index (χ2v) is 7.05. The summed E-state index contributed by atoms with van der Waals surface area (Å²) in [6, 6.07) is 7.91. The van der Waals surface area contributed by atoms with Gasteiger partial charge in [-0.1, -0.05) is 15.9 Å². The molecular weight excluding hydrogens is 378 g/mol. The summed E-state index contributed by atoms with van der Waals surface area (Å²) in [7, 11) is 0. The largest absolute Gasteiger partial charge is 0.368 e. The third kappa shape index (κ3) is 4.22. The van der Waals surface area contributed by atoms with Crippen LogP contribution in [0.5, 0.6) is 0 Å². The van der Waals surface area contributed by atoms with Crippen LogP contribution < -0.4 is 5.32 Å². The van der Waals surface area contributed by atoms with Crippen molar-refractivity contribution >= 4 is 44.9 Å². The zero-order valence-corrected chi connectivity index (χ0v) is 15.2. The van der Waals surface area contributed by atoms with Crippen LogP contribution in [0, 0.1) is 0 Å². The van der Waals surface area contributed by atoms with Crippen LogP contribution in [0.2, 0.25) is 0 Å². The number of nitrogens with zero attached hydrogens (tertiary/aromatic N) is 2. The molecule has 3 rings (SSSR count). The zero-order valence-electron chi connectivity index (χ0n) is 12.8. The number of hydrogen-bond donors (Lipinski definition) is 1. The first kappa shape index (κ1) is 16.7. The molecule has 2 fully saturated rings. The molecule has 7 heteroatoms. The molecule has 1 amide bonds. The van der Waals surface area contributed by atoms with Crippen molar-refractivity contribution < 1.29 is 9.53 Å². The number of piperazine rings is 1. The smallest absolute Gasteiger partial charge is 0.251 e. The number of nitrogens with one attached hydrogen (secondary N) is 1. The van der Waals surface area contributed by atoms with Gasteiger partial charge < -0.3 is 19.9 Å². The number of amides is 1. The molecule has 1 N–H and O–H groups in total. The predicted octanol–water partition coefficient (Wildman–Crippen LogP) is 2.47. The number of benzene rings is 1. The first-order valence-electron chi connectivity index (χ1n) is 7.85. The first-order chi connectivity index (χ1) is 11.1. The third-order valence-electron chi connectivity index (χ3n) is 4.18. The Morgan fingerprint density at radius 2 is 1.83 bits per heavy atom. The fourth-order valence-corrected chi connectivity index (χ4v) is 3.41. The summed E-state index contributed by atoms with van der Waals surface area (Å²) < 4.78 is 6.52. The van der Waals surface area contributed by atoms with E-state index in [0.717, 1.165) is 36.1 Å². The van der Waals surface area contributed by atoms with Crippen LogP contribution in [0.15, 0.2) is 28.7 Å². The fourth-order valence-electron chi connectivity index (χ4n) is 2.84. The van der Waals surface area contributed by atoms with E-state index in [2.05, 4.69) is 26.1 Å². The summed E-state index contributed by atoms with van der Waals surface area (Å²) in [5.74, 6) is 0.133. The minimum absolute atomic E-state index is 0.133. The van der Waals surface area contributed by atoms with Crippen LogP contribution in [0.3, 0.4) is 0 Å². The summed E-state index contributed by atoms with van der Waals surface area (Å²) in [5.41, 5.74) is 0.969. The number of ether oxygens (including phenoxy) is 1. The Kier molecular flexibility index (Phi) is 5.50. The van der Waals surface area contributed by atoms with Crippen LogP contribution in [-0.2, 0) is 9.53 Å². The van der Waals surface area contributed by atoms with Crippen LogP contribution >= 0.6 is 28.1 Å². The van der Waals surface area contributed by atoms with Gasteiger partial charge in [-0.25, -0.2) is 0 Å². The van der Waals surface area contributed by atoms with Crippen LogP contribution in [0.4, 0.5) is 5.69 Å². The maximum absolute atomic E-state index is 12.3. The van der Waals surface area contributed by atoms with Gasteiger partial charge in [0.05, 0.1) is 0 Å². The Balaban J connectivity index is 1.49. The van der Waals surface area contributed by atoms with Gasteiger partial charge in [-0.3, -0.25) is 4.79 Å². The molecule has 124 valence electrons. The SMILES string of the molecule is O=C([C@H]1CCCO1)N1CCN(C(=S)Nc2ccc(Br)cc2)CC1. The zero-order chi connectivity index (χ0) is 16.2. The summed E-state index contributed by atoms with van der Waals surface area (Å²) in [4.78, 5) is 16.3. The van der Waals surface area contributed by atoms with E-state index in [1.54, 1.807) is 0 Å². The van der Waals surface area contributed by atoms with Gasteiger partial charge in [0.25, 0.3) is 5.91 Å². The van der Waals surface area contributed by atoms with Crippen LogP contribution in [0.1, 0.15) is 12.8 Å². The Bertz CT molecular complexity index is 567. The van der Waals surface area contributed by atoms with Gasteiger partial charge in [-0.05, 0) is 49.3 Å². The van der Waals surface area contributed by atoms with E-state index in [9.17, 15) is 4.79 Å². The molecule has 0 unspecified atom stereocenters. The van der Waals surface area contributed by atoms with E-state index >= 15 is 0 Å². The number of rotatable bonds is 2. The molecule has 0 aromatic heterocycles. The van der Waals surface area contributed by atoms with E-state index in [0.29, 0.717) is 24.8 Å². The van der Waals surface area contributed by atoms with Crippen molar-refractivity contribution in [3.05, 3.63) is 28.7 Å². The van der Waals surface area contributed by atoms with Crippen molar-refractivity contribution in [3.63, 3.8) is 0 Å². The van der Waals surface area contributed by atoms with E-state index in [-0.39, 0.29) is 12.0 Å². The molecular formula is C16H20BrN3O2S. The molecule has 0 saturated carbocycles. The van der Waals surface area contributed by atoms with E-state index in [1.165, 1.54) is 0 Å². The summed E-state index contributed by atoms with van der Waals surface area (Å²) in [6.07, 6.45) is 1.61. The fraction of sp³-hybridized carbons (Fsp3) is 0.500. The maximum Gasteiger partial charge on any atom is 0.251 e. The first-order valence-corrected chi connectivity index (χ1v) is 9.05. The van der Waals surface area contributed by atoms with Gasteiger partial charge in [-0.2, -0.15) is 0 Å². The predicted molar refractivity (Wildman–Crippen MR) is 97.5 cm³/mol. The summed E-state index contributed by atoms with van der Waals surface area (Å²) >= 11 is 8.89. The van der Waals surface area contributed by atoms with E-state index in [4.69, 9.17) is 17.0 Å². The van der Waals surface area contributed by atoms with E-state index < -0.39 is 0 Å². The second-order valence-electron chi connectivity index (χ2n) is 5.75. The molecule has 1 aromatic carbocycles. The Morgan fingerprint density at radius 1 is 1.17 bits per heavy atom. The number of thiocarbonyl (C=S) groups is 1. The Morgan fingerprint density at radius 3 is 2.43 bits per heavy atom. The number of halogens is 1. The molecule has 0 radical (unpaired) electrons. The number of anilines is 1. The number of carbonyl (C=O) groups excluding carboxylic acids is 1. The molecule has 0 aliphatic carbocycles. The quantitative estimate of drug-likeness (QED) is 0.776. The molecule has 5 nitrogen and oxygen atoms in total. The normalized spacial score (nSPS) is 21.3. The van der Waals surface area contributed by atoms with Gasteiger partial charge in [0, 0.05) is 42.9 Å². The van der Waals surface area contributed by atoms with Crippen LogP contribution in [0.25, 0.3) is 0 Å². The van der Waals surface area contributed by atoms with Gasteiger partial charge >= 0.3 is 0 Å². The van der Waals surface area contributed by atoms with Crippen LogP contribution in [-0.4, -0.2) is 59.7 Å². The van der Waals surface area contributed by atoms with E-state index in [1.807, 2.05) is 29.2 Å². The average Bonchev–Trinajstić information content (AvgIpc) is 3.11. The highest BCUT2D eigenvalue weighted by Gasteiger charge is 2.30. The molecule has 2 heterocycles. The molecule has 23 heavy (non-hydrogen) atoms. The van der Waals surface area contributed by atoms with Gasteiger partial charge in [-0.15, -0.1) is 0 Å². The van der Waals surface area contributed by atoms with Crippen molar-refractivity contribution in [1.29, 1.82) is 0 Å². The average molecular weight is 398 g/mol. The lowest BCUT2D eigenvalue weighted by Crippen LogP contribution is -2.53. The number of hydrogen-bond acceptors (Lipinski definition) is 3. The minimum atomic E-state index is -0.227. The second kappa shape index (κ2) is 7.59. The van der Waals surface area contributed by atoms with Gasteiger partial charge in [0.15, 0.2) is 5.11 Å². The lowest BCUT2D eigenvalue weighted by molar-refractivity contribution is -0.142. The Hall–Kier alpha value is -1.18. The summed E-state index contributed by atoms with van der Waals surface area (Å²) in [5, 5.41) is 3.95. The monoisotopic (exact) mass is 397 g/mol. The Labute approximate surface area is 150 Å². The lowest BCUT2D eigenvalue weighted by Gasteiger charge is -2.37. The topological polar surface area (TPSA) is 44.8 Å². The molecule has 2 aliphatic heterocycles. The van der Waals surface area contributed by atoms with Crippen molar-refractivity contribution in [2.24, 2.45) is 0 Å².